The van der Waals surface area contributed by atoms with Crippen molar-refractivity contribution in [2.45, 2.75) is 46.7 Å². The maximum absolute atomic E-state index is 4.01. The van der Waals surface area contributed by atoms with Crippen LogP contribution in [0.4, 0.5) is 0 Å². The van der Waals surface area contributed by atoms with Gasteiger partial charge in [-0.05, 0) is 19.3 Å². The normalized spacial score (nSPS) is 29.1. The largest absolute Gasteiger partial charge is 0.311 e. The number of hydrogen-bond donors (Lipinski definition) is 1. The van der Waals surface area contributed by atoms with E-state index in [1.807, 2.05) is 0 Å². The van der Waals surface area contributed by atoms with Crippen LogP contribution < -0.4 is 5.32 Å². The van der Waals surface area contributed by atoms with Gasteiger partial charge in [0, 0.05) is 31.7 Å². The van der Waals surface area contributed by atoms with Gasteiger partial charge in [-0.25, -0.2) is 0 Å². The van der Waals surface area contributed by atoms with Crippen LogP contribution in [0.15, 0.2) is 12.2 Å². The highest BCUT2D eigenvalue weighted by atomic mass is 15.2. The van der Waals surface area contributed by atoms with Crippen LogP contribution in [0.3, 0.4) is 0 Å². The van der Waals surface area contributed by atoms with Gasteiger partial charge in [-0.3, -0.25) is 4.90 Å². The van der Waals surface area contributed by atoms with Gasteiger partial charge in [0.1, 0.15) is 0 Å². The predicted octanol–water partition coefficient (Wildman–Crippen LogP) is 2.27. The summed E-state index contributed by atoms with van der Waals surface area (Å²) in [6, 6.07) is 1.22. The maximum atomic E-state index is 4.01. The lowest BCUT2D eigenvalue weighted by molar-refractivity contribution is 0.102. The van der Waals surface area contributed by atoms with E-state index in [1.165, 1.54) is 5.57 Å². The first kappa shape index (κ1) is 12.7. The summed E-state index contributed by atoms with van der Waals surface area (Å²) >= 11 is 0. The summed E-state index contributed by atoms with van der Waals surface area (Å²) in [6.45, 7) is 18.6. The number of nitrogens with one attached hydrogen (secondary N) is 1. The molecule has 0 aromatic heterocycles. The molecule has 0 aromatic carbocycles. The van der Waals surface area contributed by atoms with E-state index >= 15 is 0 Å². The summed E-state index contributed by atoms with van der Waals surface area (Å²) in [5.74, 6) is 0. The first-order valence-corrected chi connectivity index (χ1v) is 5.92. The Kier molecular flexibility index (Phi) is 3.96. The molecule has 1 saturated heterocycles. The Labute approximate surface area is 94.7 Å². The molecule has 2 heteroatoms. The molecule has 1 heterocycles. The Morgan fingerprint density at radius 1 is 1.47 bits per heavy atom. The van der Waals surface area contributed by atoms with Crippen molar-refractivity contribution in [3.05, 3.63) is 12.2 Å². The van der Waals surface area contributed by atoms with Gasteiger partial charge >= 0.3 is 0 Å². The van der Waals surface area contributed by atoms with E-state index in [4.69, 9.17) is 0 Å². The van der Waals surface area contributed by atoms with Crippen molar-refractivity contribution in [2.75, 3.05) is 19.6 Å². The zero-order valence-electron chi connectivity index (χ0n) is 10.9. The van der Waals surface area contributed by atoms with Crippen LogP contribution in [0, 0.1) is 5.41 Å². The molecule has 15 heavy (non-hydrogen) atoms. The summed E-state index contributed by atoms with van der Waals surface area (Å²) in [4.78, 5) is 2.54. The second-order valence-electron chi connectivity index (χ2n) is 6.06. The third kappa shape index (κ3) is 3.62. The maximum Gasteiger partial charge on any atom is 0.0244 e. The summed E-state index contributed by atoms with van der Waals surface area (Å²) in [7, 11) is 0. The summed E-state index contributed by atoms with van der Waals surface area (Å²) < 4.78 is 0. The number of rotatable bonds is 2. The first-order chi connectivity index (χ1) is 6.80. The summed E-state index contributed by atoms with van der Waals surface area (Å²) in [5.41, 5.74) is 1.60. The molecule has 1 N–H and O–H groups in total. The molecule has 1 aliphatic rings. The fraction of sp³-hybridized carbons (Fsp3) is 0.846. The minimum Gasteiger partial charge on any atom is -0.311 e. The highest BCUT2D eigenvalue weighted by Crippen LogP contribution is 2.23. The molecule has 88 valence electrons. The smallest absolute Gasteiger partial charge is 0.0244 e. The molecule has 1 fully saturated rings. The average molecular weight is 210 g/mol. The predicted molar refractivity (Wildman–Crippen MR) is 67.1 cm³/mol. The third-order valence-corrected chi connectivity index (χ3v) is 3.22. The molecule has 0 spiro atoms. The minimum atomic E-state index is 0.341. The van der Waals surface area contributed by atoms with Crippen LogP contribution in [-0.2, 0) is 0 Å². The van der Waals surface area contributed by atoms with Gasteiger partial charge in [-0.2, -0.15) is 0 Å². The van der Waals surface area contributed by atoms with E-state index in [0.29, 0.717) is 17.5 Å². The van der Waals surface area contributed by atoms with Crippen molar-refractivity contribution in [2.24, 2.45) is 5.41 Å². The lowest BCUT2D eigenvalue weighted by atomic mass is 9.84. The van der Waals surface area contributed by atoms with E-state index < -0.39 is 0 Å². The molecule has 0 radical (unpaired) electrons. The molecule has 2 nitrogen and oxygen atoms in total. The highest BCUT2D eigenvalue weighted by Gasteiger charge is 2.31. The number of nitrogens with zero attached hydrogens (tertiary/aromatic N) is 1. The van der Waals surface area contributed by atoms with Gasteiger partial charge in [0.2, 0.25) is 0 Å². The second kappa shape index (κ2) is 4.67. The second-order valence-corrected chi connectivity index (χ2v) is 6.06. The Bertz CT molecular complexity index is 227. The van der Waals surface area contributed by atoms with Crippen molar-refractivity contribution in [1.82, 2.24) is 10.2 Å². The fourth-order valence-electron chi connectivity index (χ4n) is 2.07. The molecular weight excluding hydrogens is 184 g/mol. The molecule has 1 aliphatic heterocycles. The molecule has 0 aliphatic carbocycles. The molecule has 2 unspecified atom stereocenters. The monoisotopic (exact) mass is 210 g/mol. The lowest BCUT2D eigenvalue weighted by Crippen LogP contribution is -2.59. The van der Waals surface area contributed by atoms with Gasteiger partial charge < -0.3 is 5.32 Å². The molecule has 0 bridgehead atoms. The van der Waals surface area contributed by atoms with Gasteiger partial charge in [0.05, 0.1) is 0 Å². The molecule has 2 atom stereocenters. The Balaban J connectivity index is 2.60. The summed E-state index contributed by atoms with van der Waals surface area (Å²) in [5, 5.41) is 3.64. The van der Waals surface area contributed by atoms with Crippen LogP contribution in [0.2, 0.25) is 0 Å². The highest BCUT2D eigenvalue weighted by molar-refractivity contribution is 4.98. The van der Waals surface area contributed by atoms with Crippen molar-refractivity contribution in [1.29, 1.82) is 0 Å². The Morgan fingerprint density at radius 3 is 2.53 bits per heavy atom. The van der Waals surface area contributed by atoms with Crippen LogP contribution in [0.5, 0.6) is 0 Å². The summed E-state index contributed by atoms with van der Waals surface area (Å²) in [6.07, 6.45) is 0. The van der Waals surface area contributed by atoms with Crippen molar-refractivity contribution in [3.63, 3.8) is 0 Å². The molecule has 0 saturated carbocycles. The molecular formula is C13H26N2. The first-order valence-electron chi connectivity index (χ1n) is 5.92. The van der Waals surface area contributed by atoms with Crippen molar-refractivity contribution in [3.8, 4) is 0 Å². The van der Waals surface area contributed by atoms with Crippen molar-refractivity contribution < 1.29 is 0 Å². The SMILES string of the molecule is C=C(C)CN1CC(C(C)(C)C)NCC1C. The molecule has 1 rings (SSSR count). The van der Waals surface area contributed by atoms with E-state index in [1.54, 1.807) is 0 Å². The van der Waals surface area contributed by atoms with E-state index in [2.05, 4.69) is 51.4 Å². The van der Waals surface area contributed by atoms with E-state index in [-0.39, 0.29) is 0 Å². The number of piperazine rings is 1. The zero-order chi connectivity index (χ0) is 11.6. The van der Waals surface area contributed by atoms with Gasteiger partial charge in [0.15, 0.2) is 0 Å². The van der Waals surface area contributed by atoms with Gasteiger partial charge in [0.25, 0.3) is 0 Å². The van der Waals surface area contributed by atoms with Crippen LogP contribution in [-0.4, -0.2) is 36.6 Å². The molecule has 0 amide bonds. The van der Waals surface area contributed by atoms with E-state index in [0.717, 1.165) is 19.6 Å². The van der Waals surface area contributed by atoms with Gasteiger partial charge in [-0.1, -0.05) is 32.9 Å². The lowest BCUT2D eigenvalue weighted by Gasteiger charge is -2.44. The Morgan fingerprint density at radius 2 is 2.07 bits per heavy atom. The number of hydrogen-bond acceptors (Lipinski definition) is 2. The van der Waals surface area contributed by atoms with Crippen LogP contribution in [0.25, 0.3) is 0 Å². The van der Waals surface area contributed by atoms with Crippen LogP contribution >= 0.6 is 0 Å². The quantitative estimate of drug-likeness (QED) is 0.703. The zero-order valence-corrected chi connectivity index (χ0v) is 10.9. The molecule has 0 aromatic rings. The van der Waals surface area contributed by atoms with Gasteiger partial charge in [-0.15, -0.1) is 0 Å². The Hall–Kier alpha value is -0.340. The third-order valence-electron chi connectivity index (χ3n) is 3.22. The minimum absolute atomic E-state index is 0.341. The standard InChI is InChI=1S/C13H26N2/c1-10(2)8-15-9-12(13(4,5)6)14-7-11(15)3/h11-12,14H,1,7-9H2,2-6H3. The fourth-order valence-corrected chi connectivity index (χ4v) is 2.07. The average Bonchev–Trinajstić information content (AvgIpc) is 2.06. The topological polar surface area (TPSA) is 15.3 Å². The van der Waals surface area contributed by atoms with E-state index in [9.17, 15) is 0 Å². The van der Waals surface area contributed by atoms with Crippen LogP contribution in [0.1, 0.15) is 34.6 Å². The van der Waals surface area contributed by atoms with Crippen molar-refractivity contribution >= 4 is 0 Å².